The predicted molar refractivity (Wildman–Crippen MR) is 218 cm³/mol. The average Bonchev–Trinajstić information content (AvgIpc) is 4.07. The topological polar surface area (TPSA) is 70.0 Å². The van der Waals surface area contributed by atoms with Crippen molar-refractivity contribution < 1.29 is 4.42 Å². The Morgan fingerprint density at radius 2 is 0.849 bits per heavy atom. The lowest BCUT2D eigenvalue weighted by atomic mass is 9.97. The molecule has 8 bridgehead atoms. The van der Waals surface area contributed by atoms with Crippen molar-refractivity contribution in [2.45, 2.75) is 0 Å². The van der Waals surface area contributed by atoms with Gasteiger partial charge in [-0.15, -0.1) is 0 Å². The minimum absolute atomic E-state index is 0.702. The number of hydrogen-bond donors (Lipinski definition) is 2. The SMILES string of the molecule is C1=Cc2nc1c(-c1ccccc1)c1ccc([nH]1)c(-c1ccccc1)c1cc(c(-c3ccccc3)c3ccc([nH]3)c2-c2ccccc2)C(c2ccco2)=N1. The summed E-state index contributed by atoms with van der Waals surface area (Å²) in [6.45, 7) is 0. The number of H-pyrrole nitrogens is 2. The summed E-state index contributed by atoms with van der Waals surface area (Å²) in [4.78, 5) is 18.5. The van der Waals surface area contributed by atoms with Gasteiger partial charge < -0.3 is 14.4 Å². The Labute approximate surface area is 306 Å². The molecule has 2 aliphatic rings. The maximum absolute atomic E-state index is 6.09. The van der Waals surface area contributed by atoms with Crippen LogP contribution in [0.5, 0.6) is 0 Å². The third-order valence-electron chi connectivity index (χ3n) is 9.90. The Balaban J connectivity index is 1.43. The fourth-order valence-corrected chi connectivity index (χ4v) is 7.55. The smallest absolute Gasteiger partial charge is 0.152 e. The van der Waals surface area contributed by atoms with Gasteiger partial charge in [-0.2, -0.15) is 0 Å². The molecule has 53 heavy (non-hydrogen) atoms. The first-order chi connectivity index (χ1) is 26.3. The van der Waals surface area contributed by atoms with Gasteiger partial charge in [0.2, 0.25) is 0 Å². The van der Waals surface area contributed by atoms with Crippen LogP contribution in [0.25, 0.3) is 78.7 Å². The largest absolute Gasteiger partial charge is 0.463 e. The van der Waals surface area contributed by atoms with Gasteiger partial charge in [0.05, 0.1) is 23.3 Å². The van der Waals surface area contributed by atoms with Crippen LogP contribution in [0.15, 0.2) is 179 Å². The molecular weight excluding hydrogens is 649 g/mol. The van der Waals surface area contributed by atoms with Crippen molar-refractivity contribution in [3.63, 3.8) is 0 Å². The number of rotatable bonds is 5. The van der Waals surface area contributed by atoms with Crippen LogP contribution in [0.2, 0.25) is 0 Å². The third kappa shape index (κ3) is 5.43. The molecule has 250 valence electrons. The van der Waals surface area contributed by atoms with Gasteiger partial charge in [-0.1, -0.05) is 121 Å². The molecular formula is C48H32N4O. The summed E-state index contributed by atoms with van der Waals surface area (Å²) in [5.41, 5.74) is 16.5. The van der Waals surface area contributed by atoms with Gasteiger partial charge in [0, 0.05) is 49.9 Å². The van der Waals surface area contributed by atoms with E-state index in [4.69, 9.17) is 14.4 Å². The lowest BCUT2D eigenvalue weighted by Crippen LogP contribution is -2.00. The first-order valence-electron chi connectivity index (χ1n) is 17.7. The number of aromatic nitrogens is 3. The van der Waals surface area contributed by atoms with Crippen molar-refractivity contribution >= 4 is 45.6 Å². The van der Waals surface area contributed by atoms with Crippen LogP contribution in [0.1, 0.15) is 22.7 Å². The van der Waals surface area contributed by atoms with E-state index in [-0.39, 0.29) is 0 Å². The van der Waals surface area contributed by atoms with Gasteiger partial charge in [-0.05, 0) is 76.9 Å². The minimum Gasteiger partial charge on any atom is -0.463 e. The normalized spacial score (nSPS) is 12.2. The summed E-state index contributed by atoms with van der Waals surface area (Å²) >= 11 is 0. The van der Waals surface area contributed by atoms with Gasteiger partial charge in [-0.25, -0.2) is 9.98 Å². The van der Waals surface area contributed by atoms with E-state index in [1.54, 1.807) is 6.26 Å². The molecule has 5 heteroatoms. The van der Waals surface area contributed by atoms with E-state index >= 15 is 0 Å². The number of hydrogen-bond acceptors (Lipinski definition) is 3. The molecule has 4 aromatic heterocycles. The fraction of sp³-hybridized carbons (Fsp3) is 0. The van der Waals surface area contributed by atoms with E-state index < -0.39 is 0 Å². The second-order valence-corrected chi connectivity index (χ2v) is 13.1. The predicted octanol–water partition coefficient (Wildman–Crippen LogP) is 12.5. The zero-order valence-electron chi connectivity index (χ0n) is 28.6. The summed E-state index contributed by atoms with van der Waals surface area (Å²) in [5.74, 6) is 0.702. The first kappa shape index (κ1) is 30.6. The fourth-order valence-electron chi connectivity index (χ4n) is 7.55. The van der Waals surface area contributed by atoms with Crippen molar-refractivity contribution in [2.24, 2.45) is 4.99 Å². The highest BCUT2D eigenvalue weighted by atomic mass is 16.3. The van der Waals surface area contributed by atoms with Crippen LogP contribution in [0.4, 0.5) is 5.69 Å². The minimum atomic E-state index is 0.702. The molecule has 4 aromatic carbocycles. The second kappa shape index (κ2) is 12.8. The monoisotopic (exact) mass is 680 g/mol. The number of aliphatic imine (C=N–C) groups is 1. The maximum atomic E-state index is 6.09. The Bertz CT molecular complexity index is 2850. The lowest BCUT2D eigenvalue weighted by molar-refractivity contribution is 0.558. The Hall–Kier alpha value is -7.24. The van der Waals surface area contributed by atoms with Crippen LogP contribution in [0, 0.1) is 0 Å². The molecule has 2 aliphatic heterocycles. The summed E-state index contributed by atoms with van der Waals surface area (Å²) in [7, 11) is 0. The average molecular weight is 681 g/mol. The van der Waals surface area contributed by atoms with Crippen LogP contribution in [0.3, 0.4) is 0 Å². The molecule has 8 aromatic rings. The van der Waals surface area contributed by atoms with Gasteiger partial charge in [0.1, 0.15) is 5.71 Å². The molecule has 0 radical (unpaired) electrons. The van der Waals surface area contributed by atoms with Gasteiger partial charge in [0.25, 0.3) is 0 Å². The highest BCUT2D eigenvalue weighted by Crippen LogP contribution is 2.42. The molecule has 6 heterocycles. The molecule has 10 rings (SSSR count). The molecule has 0 saturated heterocycles. The standard InChI is InChI=1S/C48H32N4O/c1-5-14-31(15-6-1)44-35-30-42(52-48(35)43-22-13-29-53-43)47(34-20-11-4-12-21-34)41-28-27-40(51-41)46(33-18-9-3-10-19-33)39-26-25-38(50-39)45(32-16-7-2-8-17-32)37-24-23-36(44)49-37/h1-30,49,51H. The zero-order chi connectivity index (χ0) is 35.1. The van der Waals surface area contributed by atoms with Gasteiger partial charge in [-0.3, -0.25) is 0 Å². The van der Waals surface area contributed by atoms with Crippen molar-refractivity contribution in [2.75, 3.05) is 0 Å². The summed E-state index contributed by atoms with van der Waals surface area (Å²) in [6, 6.07) is 56.7. The highest BCUT2D eigenvalue weighted by molar-refractivity contribution is 6.20. The molecule has 2 N–H and O–H groups in total. The number of benzene rings is 4. The van der Waals surface area contributed by atoms with Crippen LogP contribution in [-0.2, 0) is 0 Å². The molecule has 5 nitrogen and oxygen atoms in total. The number of fused-ring (bicyclic) bond motifs is 8. The van der Waals surface area contributed by atoms with Crippen molar-refractivity contribution in [3.8, 4) is 44.5 Å². The van der Waals surface area contributed by atoms with Crippen LogP contribution < -0.4 is 0 Å². The van der Waals surface area contributed by atoms with E-state index in [9.17, 15) is 0 Å². The van der Waals surface area contributed by atoms with Crippen molar-refractivity contribution in [3.05, 3.63) is 193 Å². The van der Waals surface area contributed by atoms with Gasteiger partial charge >= 0.3 is 0 Å². The van der Waals surface area contributed by atoms with Crippen LogP contribution >= 0.6 is 0 Å². The van der Waals surface area contributed by atoms with Crippen molar-refractivity contribution in [1.82, 2.24) is 15.0 Å². The first-order valence-corrected chi connectivity index (χ1v) is 17.7. The third-order valence-corrected chi connectivity index (χ3v) is 9.90. The van der Waals surface area contributed by atoms with E-state index in [0.29, 0.717) is 5.76 Å². The molecule has 0 unspecified atom stereocenters. The summed E-state index contributed by atoms with van der Waals surface area (Å²) < 4.78 is 6.09. The molecule has 0 spiro atoms. The molecule has 0 saturated carbocycles. The molecule has 0 amide bonds. The van der Waals surface area contributed by atoms with Crippen molar-refractivity contribution in [1.29, 1.82) is 0 Å². The Kier molecular flexibility index (Phi) is 7.40. The van der Waals surface area contributed by atoms with E-state index in [1.165, 1.54) is 0 Å². The van der Waals surface area contributed by atoms with Crippen LogP contribution in [-0.4, -0.2) is 20.7 Å². The highest BCUT2D eigenvalue weighted by Gasteiger charge is 2.24. The van der Waals surface area contributed by atoms with E-state index in [2.05, 4.69) is 150 Å². The number of aromatic amines is 2. The molecule has 0 atom stereocenters. The zero-order valence-corrected chi connectivity index (χ0v) is 28.6. The number of nitrogens with zero attached hydrogens (tertiary/aromatic N) is 2. The maximum Gasteiger partial charge on any atom is 0.152 e. The number of furan rings is 1. The van der Waals surface area contributed by atoms with E-state index in [1.807, 2.05) is 36.4 Å². The second-order valence-electron chi connectivity index (χ2n) is 13.1. The summed E-state index contributed by atoms with van der Waals surface area (Å²) in [5, 5.41) is 0. The van der Waals surface area contributed by atoms with Gasteiger partial charge in [0.15, 0.2) is 5.76 Å². The Morgan fingerprint density at radius 1 is 0.415 bits per heavy atom. The summed E-state index contributed by atoms with van der Waals surface area (Å²) in [6.07, 6.45) is 5.97. The lowest BCUT2D eigenvalue weighted by Gasteiger charge is -2.08. The molecule has 0 aliphatic carbocycles. The Morgan fingerprint density at radius 3 is 1.32 bits per heavy atom. The molecule has 0 fully saturated rings. The van der Waals surface area contributed by atoms with E-state index in [0.717, 1.165) is 94.9 Å². The number of nitrogens with one attached hydrogen (secondary N) is 2. The quantitative estimate of drug-likeness (QED) is 0.190.